The number of carbonyl (C=O) groups is 3. The number of carboxylic acid groups (broad SMARTS) is 1. The van der Waals surface area contributed by atoms with Crippen LogP contribution in [0, 0.1) is 23.7 Å². The van der Waals surface area contributed by atoms with Crippen LogP contribution >= 0.6 is 0 Å². The highest BCUT2D eigenvalue weighted by Gasteiger charge is 2.51. The summed E-state index contributed by atoms with van der Waals surface area (Å²) in [4.78, 5) is 35.2. The molecule has 2 aliphatic rings. The molecule has 6 heteroatoms. The van der Waals surface area contributed by atoms with Gasteiger partial charge >= 0.3 is 5.97 Å². The molecule has 1 aromatic rings. The first-order chi connectivity index (χ1) is 11.0. The third-order valence-electron chi connectivity index (χ3n) is 5.06. The van der Waals surface area contributed by atoms with Crippen LogP contribution in [0.1, 0.15) is 29.6 Å². The number of fused-ring (bicyclic) bond motifs is 2. The van der Waals surface area contributed by atoms with Crippen LogP contribution in [0.2, 0.25) is 0 Å². The molecule has 0 spiro atoms. The fourth-order valence-electron chi connectivity index (χ4n) is 4.04. The number of esters is 1. The van der Waals surface area contributed by atoms with E-state index < -0.39 is 23.8 Å². The van der Waals surface area contributed by atoms with Gasteiger partial charge in [-0.15, -0.1) is 0 Å². The number of nitrogens with one attached hydrogen (secondary N) is 1. The van der Waals surface area contributed by atoms with Crippen molar-refractivity contribution in [1.29, 1.82) is 0 Å². The summed E-state index contributed by atoms with van der Waals surface area (Å²) in [5, 5.41) is 14.1. The predicted molar refractivity (Wildman–Crippen MR) is 79.2 cm³/mol. The van der Waals surface area contributed by atoms with Gasteiger partial charge in [-0.25, -0.2) is 4.79 Å². The molecule has 2 bridgehead atoms. The lowest BCUT2D eigenvalue weighted by Gasteiger charge is -2.30. The van der Waals surface area contributed by atoms with Crippen molar-refractivity contribution in [2.24, 2.45) is 23.7 Å². The van der Waals surface area contributed by atoms with Crippen molar-refractivity contribution >= 4 is 23.5 Å². The number of methoxy groups -OCH3 is 1. The summed E-state index contributed by atoms with van der Waals surface area (Å²) in [6.07, 6.45) is 2.55. The number of hydrogen-bond acceptors (Lipinski definition) is 5. The molecular formula is C17H18NO5-. The van der Waals surface area contributed by atoms with Gasteiger partial charge in [0.1, 0.15) is 0 Å². The molecule has 6 nitrogen and oxygen atoms in total. The molecule has 1 N–H and O–H groups in total. The van der Waals surface area contributed by atoms with Crippen LogP contribution in [0.5, 0.6) is 0 Å². The van der Waals surface area contributed by atoms with Crippen LogP contribution < -0.4 is 10.4 Å². The zero-order chi connectivity index (χ0) is 16.6. The van der Waals surface area contributed by atoms with E-state index in [-0.39, 0.29) is 17.7 Å². The maximum atomic E-state index is 12.5. The molecule has 1 aromatic carbocycles. The van der Waals surface area contributed by atoms with Crippen LogP contribution in [0.15, 0.2) is 24.3 Å². The minimum absolute atomic E-state index is 0.0578. The molecule has 0 unspecified atom stereocenters. The highest BCUT2D eigenvalue weighted by Crippen LogP contribution is 2.52. The van der Waals surface area contributed by atoms with Crippen LogP contribution in [0.3, 0.4) is 0 Å². The Morgan fingerprint density at radius 3 is 2.26 bits per heavy atom. The molecule has 0 saturated heterocycles. The molecule has 0 heterocycles. The molecule has 2 fully saturated rings. The summed E-state index contributed by atoms with van der Waals surface area (Å²) in [5.41, 5.74) is 0.917. The molecule has 0 aliphatic heterocycles. The van der Waals surface area contributed by atoms with Crippen molar-refractivity contribution in [2.45, 2.75) is 19.3 Å². The number of ether oxygens (including phenoxy) is 1. The summed E-state index contributed by atoms with van der Waals surface area (Å²) in [6.45, 7) is 0. The average Bonchev–Trinajstić information content (AvgIpc) is 3.15. The van der Waals surface area contributed by atoms with E-state index in [1.807, 2.05) is 0 Å². The van der Waals surface area contributed by atoms with Gasteiger partial charge in [0.05, 0.1) is 12.7 Å². The lowest BCUT2D eigenvalue weighted by molar-refractivity contribution is -0.314. The van der Waals surface area contributed by atoms with Crippen molar-refractivity contribution in [3.8, 4) is 0 Å². The van der Waals surface area contributed by atoms with Gasteiger partial charge in [0.15, 0.2) is 0 Å². The normalized spacial score (nSPS) is 28.4. The molecule has 122 valence electrons. The molecule has 2 saturated carbocycles. The fraction of sp³-hybridized carbons (Fsp3) is 0.471. The van der Waals surface area contributed by atoms with E-state index in [0.717, 1.165) is 19.3 Å². The van der Waals surface area contributed by atoms with Crippen molar-refractivity contribution in [1.82, 2.24) is 0 Å². The van der Waals surface area contributed by atoms with Gasteiger partial charge in [0.2, 0.25) is 5.91 Å². The Morgan fingerprint density at radius 2 is 1.70 bits per heavy atom. The molecule has 1 amide bonds. The third-order valence-corrected chi connectivity index (χ3v) is 5.06. The summed E-state index contributed by atoms with van der Waals surface area (Å²) >= 11 is 0. The van der Waals surface area contributed by atoms with Gasteiger partial charge in [0.25, 0.3) is 0 Å². The van der Waals surface area contributed by atoms with Gasteiger partial charge in [-0.05, 0) is 55.4 Å². The molecule has 0 aromatic heterocycles. The largest absolute Gasteiger partial charge is 0.550 e. The molecule has 23 heavy (non-hydrogen) atoms. The smallest absolute Gasteiger partial charge is 0.337 e. The zero-order valence-corrected chi connectivity index (χ0v) is 12.8. The lowest BCUT2D eigenvalue weighted by Crippen LogP contribution is -2.43. The Balaban J connectivity index is 1.71. The molecule has 3 rings (SSSR count). The maximum absolute atomic E-state index is 12.5. The second-order valence-corrected chi connectivity index (χ2v) is 6.26. The van der Waals surface area contributed by atoms with Gasteiger partial charge in [-0.1, -0.05) is 0 Å². The van der Waals surface area contributed by atoms with Crippen molar-refractivity contribution in [3.63, 3.8) is 0 Å². The molecule has 0 radical (unpaired) electrons. The second kappa shape index (κ2) is 6.02. The number of carbonyl (C=O) groups excluding carboxylic acids is 3. The first-order valence-corrected chi connectivity index (χ1v) is 7.71. The van der Waals surface area contributed by atoms with E-state index >= 15 is 0 Å². The Labute approximate surface area is 133 Å². The number of hydrogen-bond donors (Lipinski definition) is 1. The minimum Gasteiger partial charge on any atom is -0.550 e. The van der Waals surface area contributed by atoms with E-state index in [4.69, 9.17) is 0 Å². The lowest BCUT2D eigenvalue weighted by atomic mass is 9.78. The number of benzene rings is 1. The maximum Gasteiger partial charge on any atom is 0.337 e. The van der Waals surface area contributed by atoms with Crippen LogP contribution in [-0.4, -0.2) is 25.0 Å². The molecular weight excluding hydrogens is 298 g/mol. The van der Waals surface area contributed by atoms with E-state index in [9.17, 15) is 19.5 Å². The monoisotopic (exact) mass is 316 g/mol. The topological polar surface area (TPSA) is 95.5 Å². The Morgan fingerprint density at radius 1 is 1.09 bits per heavy atom. The number of amides is 1. The van der Waals surface area contributed by atoms with E-state index in [2.05, 4.69) is 10.1 Å². The Bertz CT molecular complexity index is 639. The van der Waals surface area contributed by atoms with E-state index in [0.29, 0.717) is 11.3 Å². The van der Waals surface area contributed by atoms with Crippen molar-refractivity contribution in [3.05, 3.63) is 29.8 Å². The van der Waals surface area contributed by atoms with Gasteiger partial charge < -0.3 is 20.0 Å². The molecule has 4 atom stereocenters. The zero-order valence-electron chi connectivity index (χ0n) is 12.8. The first kappa shape index (κ1) is 15.5. The summed E-state index contributed by atoms with van der Waals surface area (Å²) in [7, 11) is 1.30. The Hall–Kier alpha value is -2.37. The highest BCUT2D eigenvalue weighted by atomic mass is 16.5. The predicted octanol–water partition coefficient (Wildman–Crippen LogP) is 0.824. The van der Waals surface area contributed by atoms with E-state index in [1.54, 1.807) is 24.3 Å². The van der Waals surface area contributed by atoms with Crippen LogP contribution in [0.4, 0.5) is 5.69 Å². The molecule has 2 aliphatic carbocycles. The van der Waals surface area contributed by atoms with Crippen molar-refractivity contribution < 1.29 is 24.2 Å². The quantitative estimate of drug-likeness (QED) is 0.830. The van der Waals surface area contributed by atoms with Gasteiger partial charge in [-0.2, -0.15) is 0 Å². The van der Waals surface area contributed by atoms with Gasteiger partial charge in [-0.3, -0.25) is 4.79 Å². The first-order valence-electron chi connectivity index (χ1n) is 7.71. The Kier molecular flexibility index (Phi) is 4.07. The average molecular weight is 316 g/mol. The number of anilines is 1. The minimum atomic E-state index is -1.13. The van der Waals surface area contributed by atoms with Gasteiger partial charge in [0, 0.05) is 23.5 Å². The number of rotatable bonds is 4. The highest BCUT2D eigenvalue weighted by molar-refractivity contribution is 5.96. The fourth-order valence-corrected chi connectivity index (χ4v) is 4.04. The standard InChI is InChI=1S/C17H19NO5/c1-23-17(22)9-4-6-12(7-5-9)18-15(19)13-10-2-3-11(8-10)14(13)16(20)21/h4-7,10-11,13-14H,2-3,8H2,1H3,(H,18,19)(H,20,21)/p-1/t10-,11+,13+,14+/m1/s1. The third kappa shape index (κ3) is 2.81. The SMILES string of the molecule is COC(=O)c1ccc(NC(=O)[C@H]2[C@@H]3CC[C@@H](C3)[C@@H]2C(=O)[O-])cc1. The number of carboxylic acids is 1. The van der Waals surface area contributed by atoms with Crippen LogP contribution in [0.25, 0.3) is 0 Å². The van der Waals surface area contributed by atoms with Crippen molar-refractivity contribution in [2.75, 3.05) is 12.4 Å². The van der Waals surface area contributed by atoms with Crippen LogP contribution in [-0.2, 0) is 14.3 Å². The summed E-state index contributed by atoms with van der Waals surface area (Å²) < 4.78 is 4.61. The van der Waals surface area contributed by atoms with E-state index in [1.165, 1.54) is 7.11 Å². The second-order valence-electron chi connectivity index (χ2n) is 6.26. The summed E-state index contributed by atoms with van der Waals surface area (Å²) in [5.74, 6) is -2.90. The number of aliphatic carboxylic acids is 1. The summed E-state index contributed by atoms with van der Waals surface area (Å²) in [6, 6.07) is 6.31.